The number of benzene rings is 1. The molecule has 0 saturated carbocycles. The highest BCUT2D eigenvalue weighted by Gasteiger charge is 2.41. The first kappa shape index (κ1) is 21.1. The van der Waals surface area contributed by atoms with E-state index in [1.807, 2.05) is 25.1 Å². The van der Waals surface area contributed by atoms with Gasteiger partial charge in [-0.3, -0.25) is 14.4 Å². The van der Waals surface area contributed by atoms with E-state index >= 15 is 0 Å². The summed E-state index contributed by atoms with van der Waals surface area (Å²) in [5, 5.41) is 5.73. The van der Waals surface area contributed by atoms with Crippen LogP contribution in [0.25, 0.3) is 0 Å². The van der Waals surface area contributed by atoms with Gasteiger partial charge < -0.3 is 25.0 Å². The van der Waals surface area contributed by atoms with Crippen molar-refractivity contribution in [1.82, 2.24) is 15.5 Å². The predicted molar refractivity (Wildman–Crippen MR) is 107 cm³/mol. The SMILES string of the molecule is COCCNC(=O)C(C)N1CCC2(CCC1=O)CNC(=O)c1cc(C)ccc1O2. The Morgan fingerprint density at radius 3 is 2.93 bits per heavy atom. The molecule has 8 nitrogen and oxygen atoms in total. The molecular weight excluding hydrogens is 374 g/mol. The molecule has 2 heterocycles. The van der Waals surface area contributed by atoms with Crippen LogP contribution in [0.5, 0.6) is 5.75 Å². The fourth-order valence-corrected chi connectivity index (χ4v) is 3.82. The second kappa shape index (κ2) is 8.82. The van der Waals surface area contributed by atoms with Gasteiger partial charge in [0.25, 0.3) is 5.91 Å². The van der Waals surface area contributed by atoms with Gasteiger partial charge in [0.05, 0.1) is 18.7 Å². The van der Waals surface area contributed by atoms with Crippen LogP contribution in [0.15, 0.2) is 18.2 Å². The second-order valence-corrected chi connectivity index (χ2v) is 7.76. The molecule has 1 aromatic carbocycles. The maximum Gasteiger partial charge on any atom is 0.255 e. The van der Waals surface area contributed by atoms with Gasteiger partial charge in [-0.1, -0.05) is 11.6 Å². The monoisotopic (exact) mass is 403 g/mol. The third kappa shape index (κ3) is 4.70. The molecule has 0 radical (unpaired) electrons. The summed E-state index contributed by atoms with van der Waals surface area (Å²) in [5.41, 5.74) is 0.821. The van der Waals surface area contributed by atoms with Gasteiger partial charge in [-0.2, -0.15) is 0 Å². The lowest BCUT2D eigenvalue weighted by molar-refractivity contribution is -0.139. The van der Waals surface area contributed by atoms with Crippen LogP contribution in [0.3, 0.4) is 0 Å². The molecule has 1 saturated heterocycles. The van der Waals surface area contributed by atoms with E-state index in [0.29, 0.717) is 50.4 Å². The van der Waals surface area contributed by atoms with Gasteiger partial charge in [0.15, 0.2) is 0 Å². The molecule has 0 aliphatic carbocycles. The van der Waals surface area contributed by atoms with E-state index in [9.17, 15) is 14.4 Å². The molecule has 1 fully saturated rings. The van der Waals surface area contributed by atoms with E-state index in [-0.39, 0.29) is 24.1 Å². The van der Waals surface area contributed by atoms with E-state index in [2.05, 4.69) is 10.6 Å². The first-order chi connectivity index (χ1) is 13.8. The minimum Gasteiger partial charge on any atom is -0.485 e. The average Bonchev–Trinajstić information content (AvgIpc) is 2.94. The minimum atomic E-state index is -0.674. The fraction of sp³-hybridized carbons (Fsp3) is 0.571. The number of nitrogens with zero attached hydrogens (tertiary/aromatic N) is 1. The first-order valence-corrected chi connectivity index (χ1v) is 9.99. The second-order valence-electron chi connectivity index (χ2n) is 7.76. The number of ether oxygens (including phenoxy) is 2. The molecule has 2 unspecified atom stereocenters. The molecule has 3 rings (SSSR count). The standard InChI is InChI=1S/C21H29N3O5/c1-14-4-5-17-16(12-14)20(27)23-13-21(29-17)7-6-18(25)24(10-8-21)15(2)19(26)22-9-11-28-3/h4-5,12,15H,6-11,13H2,1-3H3,(H,22,26)(H,23,27). The number of carbonyl (C=O) groups excluding carboxylic acids is 3. The van der Waals surface area contributed by atoms with Crippen LogP contribution >= 0.6 is 0 Å². The Morgan fingerprint density at radius 1 is 1.38 bits per heavy atom. The molecule has 158 valence electrons. The molecular formula is C21H29N3O5. The van der Waals surface area contributed by atoms with Crippen molar-refractivity contribution in [3.05, 3.63) is 29.3 Å². The van der Waals surface area contributed by atoms with Crippen LogP contribution in [-0.4, -0.2) is 67.6 Å². The third-order valence-electron chi connectivity index (χ3n) is 5.65. The number of hydrogen-bond acceptors (Lipinski definition) is 5. The number of carbonyl (C=O) groups is 3. The van der Waals surface area contributed by atoms with E-state index in [1.54, 1.807) is 18.9 Å². The number of hydrogen-bond donors (Lipinski definition) is 2. The highest BCUT2D eigenvalue weighted by atomic mass is 16.5. The summed E-state index contributed by atoms with van der Waals surface area (Å²) in [6.07, 6.45) is 1.27. The first-order valence-electron chi connectivity index (χ1n) is 9.99. The van der Waals surface area contributed by atoms with Crippen molar-refractivity contribution in [3.8, 4) is 5.75 Å². The topological polar surface area (TPSA) is 97.0 Å². The van der Waals surface area contributed by atoms with Gasteiger partial charge in [0.2, 0.25) is 11.8 Å². The number of nitrogens with one attached hydrogen (secondary N) is 2. The Labute approximate surface area is 170 Å². The van der Waals surface area contributed by atoms with Gasteiger partial charge >= 0.3 is 0 Å². The Hall–Kier alpha value is -2.61. The van der Waals surface area contributed by atoms with Gasteiger partial charge in [-0.05, 0) is 32.4 Å². The lowest BCUT2D eigenvalue weighted by Gasteiger charge is -2.32. The summed E-state index contributed by atoms with van der Waals surface area (Å²) < 4.78 is 11.3. The summed E-state index contributed by atoms with van der Waals surface area (Å²) in [6.45, 7) is 5.18. The fourth-order valence-electron chi connectivity index (χ4n) is 3.82. The predicted octanol–water partition coefficient (Wildman–Crippen LogP) is 1.02. The molecule has 0 bridgehead atoms. The molecule has 0 aromatic heterocycles. The number of amides is 3. The smallest absolute Gasteiger partial charge is 0.255 e. The zero-order valence-electron chi connectivity index (χ0n) is 17.2. The van der Waals surface area contributed by atoms with Crippen LogP contribution in [-0.2, 0) is 14.3 Å². The number of rotatable bonds is 5. The molecule has 2 N–H and O–H groups in total. The summed E-state index contributed by atoms with van der Waals surface area (Å²) >= 11 is 0. The molecule has 29 heavy (non-hydrogen) atoms. The third-order valence-corrected chi connectivity index (χ3v) is 5.65. The van der Waals surface area contributed by atoms with Crippen LogP contribution in [0.4, 0.5) is 0 Å². The lowest BCUT2D eigenvalue weighted by atomic mass is 9.94. The normalized spacial score (nSPS) is 22.8. The van der Waals surface area contributed by atoms with Crippen molar-refractivity contribution in [2.45, 2.75) is 44.8 Å². The molecule has 1 spiro atoms. The maximum absolute atomic E-state index is 12.7. The summed E-state index contributed by atoms with van der Waals surface area (Å²) in [5.74, 6) is 0.0811. The van der Waals surface area contributed by atoms with Crippen molar-refractivity contribution in [2.24, 2.45) is 0 Å². The Bertz CT molecular complexity index is 797. The summed E-state index contributed by atoms with van der Waals surface area (Å²) in [4.78, 5) is 39.2. The molecule has 3 amide bonds. The molecule has 2 atom stereocenters. The van der Waals surface area contributed by atoms with Crippen LogP contribution < -0.4 is 15.4 Å². The van der Waals surface area contributed by atoms with E-state index in [1.165, 1.54) is 0 Å². The average molecular weight is 403 g/mol. The number of methoxy groups -OCH3 is 1. The van der Waals surface area contributed by atoms with Crippen LogP contribution in [0, 0.1) is 6.92 Å². The summed E-state index contributed by atoms with van der Waals surface area (Å²) in [7, 11) is 1.57. The van der Waals surface area contributed by atoms with Gasteiger partial charge in [-0.15, -0.1) is 0 Å². The van der Waals surface area contributed by atoms with Crippen molar-refractivity contribution >= 4 is 17.7 Å². The highest BCUT2D eigenvalue weighted by molar-refractivity contribution is 5.97. The maximum atomic E-state index is 12.7. The van der Waals surface area contributed by atoms with E-state index in [4.69, 9.17) is 9.47 Å². The largest absolute Gasteiger partial charge is 0.485 e. The Kier molecular flexibility index (Phi) is 6.42. The van der Waals surface area contributed by atoms with Gasteiger partial charge in [0.1, 0.15) is 17.4 Å². The van der Waals surface area contributed by atoms with Crippen LogP contribution in [0.2, 0.25) is 0 Å². The van der Waals surface area contributed by atoms with Gasteiger partial charge in [-0.25, -0.2) is 0 Å². The lowest BCUT2D eigenvalue weighted by Crippen LogP contribution is -2.49. The number of aryl methyl sites for hydroxylation is 1. The quantitative estimate of drug-likeness (QED) is 0.716. The number of likely N-dealkylation sites (tertiary alicyclic amines) is 1. The van der Waals surface area contributed by atoms with Crippen molar-refractivity contribution in [3.63, 3.8) is 0 Å². The molecule has 8 heteroatoms. The molecule has 2 aliphatic heterocycles. The van der Waals surface area contributed by atoms with Crippen molar-refractivity contribution < 1.29 is 23.9 Å². The zero-order chi connectivity index (χ0) is 21.0. The molecule has 2 aliphatic rings. The van der Waals surface area contributed by atoms with E-state index < -0.39 is 11.6 Å². The summed E-state index contributed by atoms with van der Waals surface area (Å²) in [6, 6.07) is 4.95. The van der Waals surface area contributed by atoms with E-state index in [0.717, 1.165) is 5.56 Å². The molecule has 1 aromatic rings. The number of fused-ring (bicyclic) bond motifs is 1. The zero-order valence-corrected chi connectivity index (χ0v) is 17.2. The highest BCUT2D eigenvalue weighted by Crippen LogP contribution is 2.34. The van der Waals surface area contributed by atoms with Crippen molar-refractivity contribution in [2.75, 3.05) is 33.4 Å². The Balaban J connectivity index is 1.74. The van der Waals surface area contributed by atoms with Gasteiger partial charge in [0, 0.05) is 33.0 Å². The Morgan fingerprint density at radius 2 is 2.17 bits per heavy atom. The van der Waals surface area contributed by atoms with Crippen molar-refractivity contribution in [1.29, 1.82) is 0 Å². The van der Waals surface area contributed by atoms with Crippen LogP contribution in [0.1, 0.15) is 42.1 Å². The minimum absolute atomic E-state index is 0.0837.